The van der Waals surface area contributed by atoms with Gasteiger partial charge in [0.15, 0.2) is 0 Å². The first-order chi connectivity index (χ1) is 5.52. The van der Waals surface area contributed by atoms with E-state index in [-0.39, 0.29) is 18.5 Å². The fourth-order valence-electron chi connectivity index (χ4n) is 1.10. The smallest absolute Gasteiger partial charge is 0.306 e. The SMILES string of the molecule is CC(=O)OCC1(C)CCC(=O)O1. The Balaban J connectivity index is 2.40. The fourth-order valence-corrected chi connectivity index (χ4v) is 1.10. The third-order valence-corrected chi connectivity index (χ3v) is 1.80. The first-order valence-corrected chi connectivity index (χ1v) is 3.87. The van der Waals surface area contributed by atoms with Gasteiger partial charge in [0.25, 0.3) is 0 Å². The van der Waals surface area contributed by atoms with Gasteiger partial charge in [-0.3, -0.25) is 9.59 Å². The molecule has 1 aliphatic heterocycles. The lowest BCUT2D eigenvalue weighted by atomic mass is 10.0. The van der Waals surface area contributed by atoms with E-state index >= 15 is 0 Å². The second-order valence-corrected chi connectivity index (χ2v) is 3.20. The van der Waals surface area contributed by atoms with E-state index in [1.807, 2.05) is 0 Å². The normalized spacial score (nSPS) is 28.3. The molecule has 0 N–H and O–H groups in total. The van der Waals surface area contributed by atoms with Gasteiger partial charge in [-0.05, 0) is 6.92 Å². The number of cyclic esters (lactones) is 1. The second-order valence-electron chi connectivity index (χ2n) is 3.20. The number of hydrogen-bond donors (Lipinski definition) is 0. The van der Waals surface area contributed by atoms with Crippen molar-refractivity contribution in [3.05, 3.63) is 0 Å². The molecular weight excluding hydrogens is 160 g/mol. The summed E-state index contributed by atoms with van der Waals surface area (Å²) in [6.45, 7) is 3.26. The highest BCUT2D eigenvalue weighted by Crippen LogP contribution is 2.26. The number of carbonyl (C=O) groups excluding carboxylic acids is 2. The molecule has 68 valence electrons. The van der Waals surface area contributed by atoms with Crippen molar-refractivity contribution in [1.82, 2.24) is 0 Å². The fraction of sp³-hybridized carbons (Fsp3) is 0.750. The summed E-state index contributed by atoms with van der Waals surface area (Å²) in [6, 6.07) is 0. The van der Waals surface area contributed by atoms with Gasteiger partial charge in [0.2, 0.25) is 0 Å². The van der Waals surface area contributed by atoms with Gasteiger partial charge in [-0.15, -0.1) is 0 Å². The van der Waals surface area contributed by atoms with Crippen molar-refractivity contribution in [1.29, 1.82) is 0 Å². The molecule has 1 heterocycles. The zero-order valence-corrected chi connectivity index (χ0v) is 7.25. The van der Waals surface area contributed by atoms with Crippen LogP contribution < -0.4 is 0 Å². The topological polar surface area (TPSA) is 52.6 Å². The Hall–Kier alpha value is -1.06. The lowest BCUT2D eigenvalue weighted by Gasteiger charge is -2.21. The van der Waals surface area contributed by atoms with Crippen LogP contribution in [0.5, 0.6) is 0 Å². The van der Waals surface area contributed by atoms with Crippen LogP contribution in [0.2, 0.25) is 0 Å². The molecule has 1 fully saturated rings. The van der Waals surface area contributed by atoms with Crippen LogP contribution in [0.4, 0.5) is 0 Å². The van der Waals surface area contributed by atoms with Crippen molar-refractivity contribution in [2.45, 2.75) is 32.3 Å². The van der Waals surface area contributed by atoms with Crippen molar-refractivity contribution >= 4 is 11.9 Å². The minimum Gasteiger partial charge on any atom is -0.462 e. The maximum atomic E-state index is 10.7. The molecule has 0 amide bonds. The molecule has 1 atom stereocenters. The first kappa shape index (κ1) is 9.03. The molecule has 0 radical (unpaired) electrons. The highest BCUT2D eigenvalue weighted by atomic mass is 16.6. The molecule has 4 nitrogen and oxygen atoms in total. The van der Waals surface area contributed by atoms with Gasteiger partial charge in [-0.25, -0.2) is 0 Å². The van der Waals surface area contributed by atoms with Gasteiger partial charge in [0, 0.05) is 19.8 Å². The summed E-state index contributed by atoms with van der Waals surface area (Å²) in [5, 5.41) is 0. The van der Waals surface area contributed by atoms with Crippen molar-refractivity contribution in [3.63, 3.8) is 0 Å². The highest BCUT2D eigenvalue weighted by Gasteiger charge is 2.36. The van der Waals surface area contributed by atoms with E-state index < -0.39 is 5.60 Å². The molecule has 0 saturated carbocycles. The summed E-state index contributed by atoms with van der Waals surface area (Å²) in [4.78, 5) is 21.2. The minimum atomic E-state index is -0.594. The molecule has 1 aliphatic rings. The molecular formula is C8H12O4. The molecule has 0 aromatic rings. The Bertz CT molecular complexity index is 211. The molecule has 4 heteroatoms. The van der Waals surface area contributed by atoms with Crippen LogP contribution in [-0.2, 0) is 19.1 Å². The lowest BCUT2D eigenvalue weighted by Crippen LogP contribution is -2.31. The highest BCUT2D eigenvalue weighted by molar-refractivity contribution is 5.72. The summed E-state index contributed by atoms with van der Waals surface area (Å²) in [7, 11) is 0. The lowest BCUT2D eigenvalue weighted by molar-refractivity contribution is -0.159. The summed E-state index contributed by atoms with van der Waals surface area (Å²) < 4.78 is 9.74. The molecule has 1 unspecified atom stereocenters. The van der Waals surface area contributed by atoms with Gasteiger partial charge in [-0.2, -0.15) is 0 Å². The molecule has 0 aromatic heterocycles. The van der Waals surface area contributed by atoms with E-state index in [9.17, 15) is 9.59 Å². The Kier molecular flexibility index (Phi) is 2.35. The third kappa shape index (κ3) is 2.22. The van der Waals surface area contributed by atoms with Crippen LogP contribution in [0.15, 0.2) is 0 Å². The van der Waals surface area contributed by atoms with E-state index in [0.29, 0.717) is 12.8 Å². The third-order valence-electron chi connectivity index (χ3n) is 1.80. The number of carbonyl (C=O) groups is 2. The van der Waals surface area contributed by atoms with Crippen LogP contribution in [0, 0.1) is 0 Å². The molecule has 0 spiro atoms. The number of rotatable bonds is 2. The van der Waals surface area contributed by atoms with Crippen LogP contribution in [0.3, 0.4) is 0 Å². The molecule has 0 bridgehead atoms. The van der Waals surface area contributed by atoms with Crippen LogP contribution in [0.25, 0.3) is 0 Å². The Morgan fingerprint density at radius 1 is 1.75 bits per heavy atom. The number of hydrogen-bond acceptors (Lipinski definition) is 4. The summed E-state index contributed by atoms with van der Waals surface area (Å²) in [5.41, 5.74) is -0.594. The molecule has 0 aromatic carbocycles. The van der Waals surface area contributed by atoms with Gasteiger partial charge >= 0.3 is 11.9 Å². The summed E-state index contributed by atoms with van der Waals surface area (Å²) in [5.74, 6) is -0.566. The Morgan fingerprint density at radius 3 is 2.83 bits per heavy atom. The van der Waals surface area contributed by atoms with E-state index in [1.54, 1.807) is 6.92 Å². The van der Waals surface area contributed by atoms with E-state index in [4.69, 9.17) is 9.47 Å². The zero-order valence-electron chi connectivity index (χ0n) is 7.25. The molecule has 1 rings (SSSR count). The van der Waals surface area contributed by atoms with Crippen molar-refractivity contribution in [3.8, 4) is 0 Å². The molecule has 12 heavy (non-hydrogen) atoms. The predicted octanol–water partition coefficient (Wildman–Crippen LogP) is 0.645. The molecule has 1 saturated heterocycles. The van der Waals surface area contributed by atoms with Gasteiger partial charge < -0.3 is 9.47 Å². The predicted molar refractivity (Wildman–Crippen MR) is 40.4 cm³/mol. The Morgan fingerprint density at radius 2 is 2.42 bits per heavy atom. The first-order valence-electron chi connectivity index (χ1n) is 3.87. The van der Waals surface area contributed by atoms with Gasteiger partial charge in [0.1, 0.15) is 12.2 Å². The average molecular weight is 172 g/mol. The maximum Gasteiger partial charge on any atom is 0.306 e. The van der Waals surface area contributed by atoms with Crippen LogP contribution in [-0.4, -0.2) is 24.1 Å². The van der Waals surface area contributed by atoms with Gasteiger partial charge in [-0.1, -0.05) is 0 Å². The zero-order chi connectivity index (χ0) is 9.19. The average Bonchev–Trinajstić information content (AvgIpc) is 2.29. The van der Waals surface area contributed by atoms with Crippen molar-refractivity contribution in [2.24, 2.45) is 0 Å². The van der Waals surface area contributed by atoms with E-state index in [1.165, 1.54) is 6.92 Å². The number of esters is 2. The largest absolute Gasteiger partial charge is 0.462 e. The van der Waals surface area contributed by atoms with Gasteiger partial charge in [0.05, 0.1) is 0 Å². The number of ether oxygens (including phenoxy) is 2. The van der Waals surface area contributed by atoms with Crippen LogP contribution >= 0.6 is 0 Å². The maximum absolute atomic E-state index is 10.7. The summed E-state index contributed by atoms with van der Waals surface area (Å²) in [6.07, 6.45) is 1.04. The molecule has 0 aliphatic carbocycles. The van der Waals surface area contributed by atoms with Crippen molar-refractivity contribution < 1.29 is 19.1 Å². The quantitative estimate of drug-likeness (QED) is 0.574. The standard InChI is InChI=1S/C8H12O4/c1-6(9)11-5-8(2)4-3-7(10)12-8/h3-5H2,1-2H3. The van der Waals surface area contributed by atoms with Crippen LogP contribution in [0.1, 0.15) is 26.7 Å². The van der Waals surface area contributed by atoms with E-state index in [0.717, 1.165) is 0 Å². The van der Waals surface area contributed by atoms with E-state index in [2.05, 4.69) is 0 Å². The summed E-state index contributed by atoms with van der Waals surface area (Å²) >= 11 is 0. The Labute approximate surface area is 70.8 Å². The minimum absolute atomic E-state index is 0.161. The van der Waals surface area contributed by atoms with Crippen molar-refractivity contribution in [2.75, 3.05) is 6.61 Å². The monoisotopic (exact) mass is 172 g/mol. The second kappa shape index (κ2) is 3.13.